The van der Waals surface area contributed by atoms with E-state index in [9.17, 15) is 0 Å². The van der Waals surface area contributed by atoms with E-state index in [1.165, 1.54) is 16.4 Å². The fraction of sp³-hybridized carbons (Fsp3) is 0.0588. The Morgan fingerprint density at radius 1 is 1.07 bits per heavy atom. The molecule has 2 aromatic carbocycles. The molecule has 0 aliphatic rings. The summed E-state index contributed by atoms with van der Waals surface area (Å²) in [5.41, 5.74) is 1.63. The molecule has 136 valence electrons. The van der Waals surface area contributed by atoms with Crippen molar-refractivity contribution in [3.8, 4) is 22.8 Å². The van der Waals surface area contributed by atoms with Gasteiger partial charge in [0, 0.05) is 15.1 Å². The summed E-state index contributed by atoms with van der Waals surface area (Å²) in [5.74, 6) is 7.99. The summed E-state index contributed by atoms with van der Waals surface area (Å²) in [6.45, 7) is 0. The number of nitrogen functional groups attached to an aromatic ring is 1. The molecule has 0 saturated heterocycles. The summed E-state index contributed by atoms with van der Waals surface area (Å²) in [6.07, 6.45) is 0. The van der Waals surface area contributed by atoms with Gasteiger partial charge in [-0.05, 0) is 40.2 Å². The lowest BCUT2D eigenvalue weighted by atomic mass is 10.2. The van der Waals surface area contributed by atoms with E-state index >= 15 is 0 Å². The Kier molecular flexibility index (Phi) is 5.15. The lowest BCUT2D eigenvalue weighted by Crippen LogP contribution is -2.11. The van der Waals surface area contributed by atoms with Crippen LogP contribution < -0.4 is 5.84 Å². The van der Waals surface area contributed by atoms with Gasteiger partial charge in [-0.2, -0.15) is 0 Å². The van der Waals surface area contributed by atoms with Crippen molar-refractivity contribution in [3.63, 3.8) is 0 Å². The number of thioether (sulfide) groups is 1. The molecule has 0 fully saturated rings. The van der Waals surface area contributed by atoms with Gasteiger partial charge >= 0.3 is 0 Å². The molecule has 2 aromatic heterocycles. The van der Waals surface area contributed by atoms with E-state index in [1.807, 2.05) is 36.4 Å². The van der Waals surface area contributed by atoms with Crippen LogP contribution in [0, 0.1) is 0 Å². The normalized spacial score (nSPS) is 11.0. The molecule has 4 rings (SSSR count). The number of rotatable bonds is 5. The van der Waals surface area contributed by atoms with Gasteiger partial charge in [-0.3, -0.25) is 0 Å². The first-order valence-electron chi connectivity index (χ1n) is 7.78. The van der Waals surface area contributed by atoms with Gasteiger partial charge in [0.05, 0.1) is 11.3 Å². The third-order valence-corrected chi connectivity index (χ3v) is 5.50. The third-order valence-electron chi connectivity index (χ3n) is 3.64. The molecule has 2 heterocycles. The highest BCUT2D eigenvalue weighted by molar-refractivity contribution is 9.10. The first-order chi connectivity index (χ1) is 13.1. The van der Waals surface area contributed by atoms with Crippen LogP contribution in [0.4, 0.5) is 0 Å². The van der Waals surface area contributed by atoms with Crippen LogP contribution in [0.2, 0.25) is 5.02 Å². The van der Waals surface area contributed by atoms with E-state index in [-0.39, 0.29) is 0 Å². The van der Waals surface area contributed by atoms with Gasteiger partial charge in [0.25, 0.3) is 0 Å². The van der Waals surface area contributed by atoms with Gasteiger partial charge in [0.15, 0.2) is 5.82 Å². The molecule has 0 bridgehead atoms. The summed E-state index contributed by atoms with van der Waals surface area (Å²) < 4.78 is 8.04. The number of benzene rings is 2. The Labute approximate surface area is 172 Å². The highest BCUT2D eigenvalue weighted by atomic mass is 79.9. The lowest BCUT2D eigenvalue weighted by Gasteiger charge is -2.03. The van der Waals surface area contributed by atoms with Crippen LogP contribution >= 0.6 is 39.3 Å². The van der Waals surface area contributed by atoms with Crippen LogP contribution in [-0.2, 0) is 5.75 Å². The van der Waals surface area contributed by atoms with Gasteiger partial charge in [-0.15, -0.1) is 20.4 Å². The second-order valence-corrected chi connectivity index (χ2v) is 7.69. The summed E-state index contributed by atoms with van der Waals surface area (Å²) in [6, 6.07) is 14.9. The first-order valence-corrected chi connectivity index (χ1v) is 9.94. The Bertz CT molecular complexity index is 1100. The summed E-state index contributed by atoms with van der Waals surface area (Å²) in [4.78, 5) is 0. The molecule has 0 amide bonds. The molecule has 2 N–H and O–H groups in total. The minimum Gasteiger partial charge on any atom is -0.420 e. The molecule has 0 spiro atoms. The summed E-state index contributed by atoms with van der Waals surface area (Å²) in [7, 11) is 0. The van der Waals surface area contributed by atoms with Crippen molar-refractivity contribution < 1.29 is 4.42 Å². The SMILES string of the molecule is Nn1c(SCc2nnc(-c3ccccc3Br)o2)nnc1-c1cccc(Cl)c1. The minimum absolute atomic E-state index is 0.419. The van der Waals surface area contributed by atoms with Gasteiger partial charge < -0.3 is 10.3 Å². The molecule has 0 aliphatic carbocycles. The zero-order valence-electron chi connectivity index (χ0n) is 13.7. The molecule has 10 heteroatoms. The van der Waals surface area contributed by atoms with E-state index in [1.54, 1.807) is 12.1 Å². The van der Waals surface area contributed by atoms with Crippen molar-refractivity contribution in [2.24, 2.45) is 0 Å². The molecule has 0 radical (unpaired) electrons. The summed E-state index contributed by atoms with van der Waals surface area (Å²) >= 11 is 10.9. The Morgan fingerprint density at radius 3 is 2.74 bits per heavy atom. The van der Waals surface area contributed by atoms with E-state index < -0.39 is 0 Å². The van der Waals surface area contributed by atoms with Gasteiger partial charge in [0.1, 0.15) is 0 Å². The number of hydrogen-bond acceptors (Lipinski definition) is 7. The zero-order chi connectivity index (χ0) is 18.8. The fourth-order valence-corrected chi connectivity index (χ4v) is 3.72. The Morgan fingerprint density at radius 2 is 1.93 bits per heavy atom. The van der Waals surface area contributed by atoms with E-state index in [4.69, 9.17) is 21.9 Å². The van der Waals surface area contributed by atoms with Crippen molar-refractivity contribution in [2.75, 3.05) is 5.84 Å². The average Bonchev–Trinajstić information content (AvgIpc) is 3.27. The number of aromatic nitrogens is 5. The predicted molar refractivity (Wildman–Crippen MR) is 108 cm³/mol. The molecular formula is C17H12BrClN6OS. The van der Waals surface area contributed by atoms with Crippen molar-refractivity contribution in [3.05, 3.63) is 63.9 Å². The van der Waals surface area contributed by atoms with Gasteiger partial charge in [-0.1, -0.05) is 47.6 Å². The molecule has 27 heavy (non-hydrogen) atoms. The van der Waals surface area contributed by atoms with E-state index in [0.29, 0.717) is 33.5 Å². The average molecular weight is 464 g/mol. The molecule has 7 nitrogen and oxygen atoms in total. The molecule has 0 unspecified atom stereocenters. The van der Waals surface area contributed by atoms with Crippen molar-refractivity contribution >= 4 is 39.3 Å². The minimum atomic E-state index is 0.419. The maximum atomic E-state index is 6.12. The van der Waals surface area contributed by atoms with Crippen molar-refractivity contribution in [2.45, 2.75) is 10.9 Å². The van der Waals surface area contributed by atoms with E-state index in [0.717, 1.165) is 15.6 Å². The maximum Gasteiger partial charge on any atom is 0.248 e. The molecule has 0 saturated carbocycles. The third kappa shape index (κ3) is 3.85. The number of nitrogens with two attached hydrogens (primary N) is 1. The van der Waals surface area contributed by atoms with E-state index in [2.05, 4.69) is 36.3 Å². The number of halogens is 2. The quantitative estimate of drug-likeness (QED) is 0.346. The van der Waals surface area contributed by atoms with Crippen LogP contribution in [0.5, 0.6) is 0 Å². The van der Waals surface area contributed by atoms with Gasteiger partial charge in [-0.25, -0.2) is 4.68 Å². The maximum absolute atomic E-state index is 6.12. The van der Waals surface area contributed by atoms with Crippen LogP contribution in [0.1, 0.15) is 5.89 Å². The molecular weight excluding hydrogens is 452 g/mol. The molecule has 4 aromatic rings. The van der Waals surface area contributed by atoms with Crippen molar-refractivity contribution in [1.82, 2.24) is 25.1 Å². The Hall–Kier alpha value is -2.36. The largest absolute Gasteiger partial charge is 0.420 e. The van der Waals surface area contributed by atoms with Crippen LogP contribution in [0.3, 0.4) is 0 Å². The van der Waals surface area contributed by atoms with Crippen molar-refractivity contribution in [1.29, 1.82) is 0 Å². The smallest absolute Gasteiger partial charge is 0.248 e. The molecule has 0 atom stereocenters. The zero-order valence-corrected chi connectivity index (χ0v) is 16.9. The summed E-state index contributed by atoms with van der Waals surface area (Å²) in [5, 5.41) is 17.6. The highest BCUT2D eigenvalue weighted by Gasteiger charge is 2.15. The highest BCUT2D eigenvalue weighted by Crippen LogP contribution is 2.29. The van der Waals surface area contributed by atoms with Crippen LogP contribution in [0.15, 0.2) is 62.6 Å². The van der Waals surface area contributed by atoms with Crippen LogP contribution in [-0.4, -0.2) is 25.1 Å². The second-order valence-electron chi connectivity index (χ2n) is 5.46. The monoisotopic (exact) mass is 462 g/mol. The number of nitrogens with zero attached hydrogens (tertiary/aromatic N) is 5. The fourth-order valence-electron chi connectivity index (χ4n) is 2.38. The van der Waals surface area contributed by atoms with Crippen LogP contribution in [0.25, 0.3) is 22.8 Å². The number of hydrogen-bond donors (Lipinski definition) is 1. The Balaban J connectivity index is 1.50. The first kappa shape index (κ1) is 18.0. The molecule has 0 aliphatic heterocycles. The standard InChI is InChI=1S/C17H12BrClN6OS/c18-13-7-2-1-6-12(13)16-23-21-14(26-16)9-27-17-24-22-15(25(17)20)10-4-3-5-11(19)8-10/h1-8H,9,20H2. The lowest BCUT2D eigenvalue weighted by molar-refractivity contribution is 0.528. The second kappa shape index (κ2) is 7.71. The predicted octanol–water partition coefficient (Wildman–Crippen LogP) is 4.42. The topological polar surface area (TPSA) is 95.7 Å². The van der Waals surface area contributed by atoms with Gasteiger partial charge in [0.2, 0.25) is 16.9 Å².